The minimum atomic E-state index is -0.224. The van der Waals surface area contributed by atoms with Crippen molar-refractivity contribution < 1.29 is 4.74 Å². The Hall–Kier alpha value is -7.11. The van der Waals surface area contributed by atoms with Crippen molar-refractivity contribution in [1.29, 1.82) is 0 Å². The van der Waals surface area contributed by atoms with E-state index in [0.29, 0.717) is 6.67 Å². The maximum absolute atomic E-state index is 7.11. The largest absolute Gasteiger partial charge is 0.457 e. The van der Waals surface area contributed by atoms with Crippen molar-refractivity contribution in [2.24, 2.45) is 0 Å². The third-order valence-corrected chi connectivity index (χ3v) is 15.2. The molecule has 360 valence electrons. The molecular formula is C66H70N4O. The topological polar surface area (TPSA) is 33.5 Å². The quantitative estimate of drug-likeness (QED) is 0.144. The zero-order chi connectivity index (χ0) is 50.3. The number of para-hydroxylation sites is 1. The second-order valence-corrected chi connectivity index (χ2v) is 24.0. The van der Waals surface area contributed by atoms with Gasteiger partial charge >= 0.3 is 0 Å². The maximum atomic E-state index is 7.11. The molecule has 0 amide bonds. The number of hydrogen-bond donors (Lipinski definition) is 0. The summed E-state index contributed by atoms with van der Waals surface area (Å²) in [4.78, 5) is 10.0. The number of nitrogens with zero attached hydrogens (tertiary/aromatic N) is 4. The average Bonchev–Trinajstić information content (AvgIpc) is 3.89. The van der Waals surface area contributed by atoms with Gasteiger partial charge in [0.15, 0.2) is 0 Å². The van der Waals surface area contributed by atoms with Crippen LogP contribution in [0.25, 0.3) is 27.6 Å². The molecule has 9 aromatic rings. The summed E-state index contributed by atoms with van der Waals surface area (Å²) in [6.45, 7) is 30.7. The Morgan fingerprint density at radius 2 is 0.901 bits per heavy atom. The van der Waals surface area contributed by atoms with Gasteiger partial charge in [-0.25, -0.2) is 4.98 Å². The van der Waals surface area contributed by atoms with E-state index in [9.17, 15) is 0 Å². The first-order chi connectivity index (χ1) is 33.6. The van der Waals surface area contributed by atoms with Gasteiger partial charge in [0.2, 0.25) is 0 Å². The molecule has 5 nitrogen and oxygen atoms in total. The van der Waals surface area contributed by atoms with E-state index < -0.39 is 0 Å². The Labute approximate surface area is 422 Å². The lowest BCUT2D eigenvalue weighted by molar-refractivity contribution is 0.479. The lowest BCUT2D eigenvalue weighted by atomic mass is 9.78. The van der Waals surface area contributed by atoms with Crippen molar-refractivity contribution in [3.8, 4) is 17.3 Å². The summed E-state index contributed by atoms with van der Waals surface area (Å²) in [6.07, 6.45) is 1.95. The Morgan fingerprint density at radius 3 is 1.51 bits per heavy atom. The number of ether oxygens (including phenoxy) is 1. The average molecular weight is 935 g/mol. The number of benzene rings is 7. The Balaban J connectivity index is 1.10. The molecule has 1 aliphatic heterocycles. The second kappa shape index (κ2) is 17.3. The molecular weight excluding hydrogens is 865 g/mol. The first kappa shape index (κ1) is 47.6. The van der Waals surface area contributed by atoms with Gasteiger partial charge in [0.25, 0.3) is 0 Å². The normalized spacial score (nSPS) is 13.6. The number of hydrogen-bond acceptors (Lipinski definition) is 4. The number of anilines is 4. The molecule has 2 aromatic heterocycles. The minimum absolute atomic E-state index is 0.0215. The van der Waals surface area contributed by atoms with Gasteiger partial charge in [-0.05, 0) is 122 Å². The third-order valence-electron chi connectivity index (χ3n) is 15.2. The molecule has 0 unspecified atom stereocenters. The van der Waals surface area contributed by atoms with Crippen LogP contribution in [0, 0.1) is 0 Å². The molecule has 0 spiro atoms. The van der Waals surface area contributed by atoms with Gasteiger partial charge in [-0.2, -0.15) is 0 Å². The highest BCUT2D eigenvalue weighted by Gasteiger charge is 2.34. The van der Waals surface area contributed by atoms with Crippen molar-refractivity contribution in [2.75, 3.05) is 16.5 Å². The van der Waals surface area contributed by atoms with Gasteiger partial charge < -0.3 is 14.5 Å². The molecule has 0 bridgehead atoms. The first-order valence-corrected chi connectivity index (χ1v) is 25.4. The van der Waals surface area contributed by atoms with Crippen LogP contribution in [0.4, 0.5) is 22.7 Å². The molecule has 71 heavy (non-hydrogen) atoms. The molecule has 0 N–H and O–H groups in total. The van der Waals surface area contributed by atoms with Crippen LogP contribution in [0.15, 0.2) is 176 Å². The highest BCUT2D eigenvalue weighted by atomic mass is 16.5. The summed E-state index contributed by atoms with van der Waals surface area (Å²) in [7, 11) is 0. The molecule has 0 atom stereocenters. The van der Waals surface area contributed by atoms with Crippen LogP contribution < -0.4 is 14.5 Å². The van der Waals surface area contributed by atoms with Crippen LogP contribution in [-0.2, 0) is 27.1 Å². The molecule has 10 rings (SSSR count). The van der Waals surface area contributed by atoms with Crippen LogP contribution >= 0.6 is 0 Å². The van der Waals surface area contributed by atoms with Crippen molar-refractivity contribution in [2.45, 2.75) is 117 Å². The number of pyridine rings is 1. The van der Waals surface area contributed by atoms with E-state index in [2.05, 4.69) is 274 Å². The number of aromatic nitrogens is 2. The maximum Gasteiger partial charge on any atom is 0.137 e. The first-order valence-electron chi connectivity index (χ1n) is 25.4. The SMILES string of the molecule is CC(C)(C)c1cc(Oc2ccc3c4ccccc4n(-c4cc(C(C)(C)c5ccccc5)ccn4)c3c2)cc(N2CN(c3cc(C(C)(C)C)cc(C(C)(C)C)c3)c3ccc(C(C)(C)c4ccccc4)cc32)c1. The van der Waals surface area contributed by atoms with Crippen LogP contribution in [0.2, 0.25) is 0 Å². The van der Waals surface area contributed by atoms with Crippen LogP contribution in [0.3, 0.4) is 0 Å². The minimum Gasteiger partial charge on any atom is -0.457 e. The summed E-state index contributed by atoms with van der Waals surface area (Å²) in [6, 6.07) is 62.3. The summed E-state index contributed by atoms with van der Waals surface area (Å²) < 4.78 is 9.41. The van der Waals surface area contributed by atoms with Crippen LogP contribution in [0.5, 0.6) is 11.5 Å². The zero-order valence-corrected chi connectivity index (χ0v) is 44.1. The summed E-state index contributed by atoms with van der Waals surface area (Å²) in [5.41, 5.74) is 15.1. The summed E-state index contributed by atoms with van der Waals surface area (Å²) in [5, 5.41) is 2.33. The lowest BCUT2D eigenvalue weighted by Gasteiger charge is -2.29. The van der Waals surface area contributed by atoms with E-state index in [1.807, 2.05) is 6.20 Å². The van der Waals surface area contributed by atoms with Crippen molar-refractivity contribution in [3.63, 3.8) is 0 Å². The van der Waals surface area contributed by atoms with E-state index >= 15 is 0 Å². The van der Waals surface area contributed by atoms with Gasteiger partial charge in [-0.3, -0.25) is 4.57 Å². The molecule has 7 aromatic carbocycles. The van der Waals surface area contributed by atoms with E-state index in [1.165, 1.54) is 61.4 Å². The fraction of sp³-hybridized carbons (Fsp3) is 0.288. The lowest BCUT2D eigenvalue weighted by Crippen LogP contribution is -2.26. The van der Waals surface area contributed by atoms with Gasteiger partial charge in [0.05, 0.1) is 22.4 Å². The molecule has 0 saturated carbocycles. The fourth-order valence-electron chi connectivity index (χ4n) is 10.3. The Bertz CT molecular complexity index is 3400. The van der Waals surface area contributed by atoms with Crippen LogP contribution in [0.1, 0.15) is 129 Å². The van der Waals surface area contributed by atoms with Crippen LogP contribution in [-0.4, -0.2) is 16.2 Å². The molecule has 0 aliphatic carbocycles. The van der Waals surface area contributed by atoms with E-state index in [0.717, 1.165) is 39.4 Å². The molecule has 1 aliphatic rings. The van der Waals surface area contributed by atoms with Gasteiger partial charge in [0, 0.05) is 51.3 Å². The van der Waals surface area contributed by atoms with Crippen molar-refractivity contribution in [1.82, 2.24) is 9.55 Å². The Kier molecular flexibility index (Phi) is 11.6. The fourth-order valence-corrected chi connectivity index (χ4v) is 10.3. The molecule has 3 heterocycles. The highest BCUT2D eigenvalue weighted by Crippen LogP contribution is 2.50. The molecule has 0 saturated heterocycles. The van der Waals surface area contributed by atoms with Crippen molar-refractivity contribution >= 4 is 44.6 Å². The summed E-state index contributed by atoms with van der Waals surface area (Å²) in [5.74, 6) is 2.44. The number of rotatable bonds is 9. The zero-order valence-electron chi connectivity index (χ0n) is 44.1. The van der Waals surface area contributed by atoms with Gasteiger partial charge in [-0.1, -0.05) is 181 Å². The van der Waals surface area contributed by atoms with Crippen molar-refractivity contribution in [3.05, 3.63) is 215 Å². The second-order valence-electron chi connectivity index (χ2n) is 24.0. The predicted molar refractivity (Wildman–Crippen MR) is 300 cm³/mol. The van der Waals surface area contributed by atoms with E-state index in [4.69, 9.17) is 9.72 Å². The summed E-state index contributed by atoms with van der Waals surface area (Å²) >= 11 is 0. The monoisotopic (exact) mass is 935 g/mol. The van der Waals surface area contributed by atoms with Gasteiger partial charge in [-0.15, -0.1) is 0 Å². The molecule has 0 fully saturated rings. The molecule has 5 heteroatoms. The molecule has 0 radical (unpaired) electrons. The van der Waals surface area contributed by atoms with E-state index in [-0.39, 0.29) is 27.1 Å². The highest BCUT2D eigenvalue weighted by molar-refractivity contribution is 6.09. The third kappa shape index (κ3) is 8.90. The Morgan fingerprint density at radius 1 is 0.380 bits per heavy atom. The number of fused-ring (bicyclic) bond motifs is 4. The van der Waals surface area contributed by atoms with E-state index in [1.54, 1.807) is 0 Å². The van der Waals surface area contributed by atoms with Gasteiger partial charge in [0.1, 0.15) is 24.0 Å². The smallest absolute Gasteiger partial charge is 0.137 e. The standard InChI is InChI=1S/C66H70N4O/c1-62(2,3)48-34-49(63(4,5)6)36-51(35-48)68-43-69(60-39-46(28-31-58(60)68)65(10,11)44-22-16-14-17-23-44)52-37-50(64(7,8)9)38-54(41-52)71-53-29-30-56-55-26-20-21-27-57(55)70(59(56)42-53)61-40-47(32-33-67-61)66(12,13)45-24-18-15-19-25-45/h14-42H,43H2,1-13H3. The predicted octanol–water partition coefficient (Wildman–Crippen LogP) is 17.8.